The minimum atomic E-state index is -1.42. The summed E-state index contributed by atoms with van der Waals surface area (Å²) in [4.78, 5) is 62.3. The third-order valence-corrected chi connectivity index (χ3v) is 8.46. The van der Waals surface area contributed by atoms with Gasteiger partial charge in [-0.2, -0.15) is 0 Å². The number of oxime groups is 1. The molecule has 0 aliphatic carbocycles. The van der Waals surface area contributed by atoms with Crippen LogP contribution < -0.4 is 26.5 Å². The second-order valence-electron chi connectivity index (χ2n) is 8.13. The lowest BCUT2D eigenvalue weighted by Gasteiger charge is -2.45. The summed E-state index contributed by atoms with van der Waals surface area (Å²) in [6.07, 6.45) is 0.546. The molecule has 2 aromatic rings. The number of carbonyl (C=O) groups excluding carboxylic acids is 3. The highest BCUT2D eigenvalue weighted by Crippen LogP contribution is 2.40. The van der Waals surface area contributed by atoms with Crippen LogP contribution in [-0.4, -0.2) is 72.4 Å². The first kappa shape index (κ1) is 28.1. The summed E-state index contributed by atoms with van der Waals surface area (Å²) in [6, 6.07) is 1.51. The van der Waals surface area contributed by atoms with Crippen molar-refractivity contribution in [1.29, 1.82) is 0 Å². The number of nitrogens with two attached hydrogens (primary N) is 2. The molecule has 39 heavy (non-hydrogen) atoms. The maximum Gasteiger partial charge on any atom is 0.363 e. The number of β-lactam (4-membered cyclic amide) rings is 1. The molecule has 18 heteroatoms. The van der Waals surface area contributed by atoms with Gasteiger partial charge in [-0.1, -0.05) is 5.16 Å². The molecule has 2 atom stereocenters. The number of aromatic nitrogens is 3. The van der Waals surface area contributed by atoms with Gasteiger partial charge >= 0.3 is 11.1 Å². The molecule has 206 valence electrons. The third-order valence-electron chi connectivity index (χ3n) is 5.44. The van der Waals surface area contributed by atoms with Crippen LogP contribution in [0.25, 0.3) is 0 Å². The summed E-state index contributed by atoms with van der Waals surface area (Å²) in [6.45, 7) is 1.13. The van der Waals surface area contributed by atoms with Gasteiger partial charge in [0.2, 0.25) is 17.8 Å². The van der Waals surface area contributed by atoms with Crippen LogP contribution in [0.3, 0.4) is 0 Å². The van der Waals surface area contributed by atoms with E-state index >= 15 is 0 Å². The van der Waals surface area contributed by atoms with Crippen molar-refractivity contribution in [3.05, 3.63) is 34.6 Å². The van der Waals surface area contributed by atoms with E-state index in [1.54, 1.807) is 10.8 Å². The van der Waals surface area contributed by atoms with Gasteiger partial charge in [-0.3, -0.25) is 14.5 Å². The molecule has 0 radical (unpaired) electrons. The van der Waals surface area contributed by atoms with Crippen LogP contribution in [0.15, 0.2) is 39.2 Å². The molecular weight excluding hydrogens is 572 g/mol. The molecule has 1 saturated heterocycles. The largest absolute Gasteiger partial charge is 0.543 e. The van der Waals surface area contributed by atoms with Crippen LogP contribution in [-0.2, 0) is 30.7 Å². The van der Waals surface area contributed by atoms with Crippen molar-refractivity contribution in [3.63, 3.8) is 0 Å². The summed E-state index contributed by atoms with van der Waals surface area (Å²) >= 11 is 3.70. The number of nitrogen functional groups attached to an aromatic ring is 2. The van der Waals surface area contributed by atoms with Gasteiger partial charge in [-0.15, -0.1) is 23.1 Å². The van der Waals surface area contributed by atoms with Crippen LogP contribution in [0.1, 0.15) is 19.0 Å². The third kappa shape index (κ3) is 6.40. The predicted molar refractivity (Wildman–Crippen MR) is 139 cm³/mol. The summed E-state index contributed by atoms with van der Waals surface area (Å²) in [5, 5.41) is 28.9. The first-order valence-electron chi connectivity index (χ1n) is 11.2. The summed E-state index contributed by atoms with van der Waals surface area (Å²) in [5.41, 5.74) is 11.7. The SMILES string of the molecule is C[C@H](O/N=C(\C(=O)NC[n+]1ccc(N)nc1SCC1=C(C(=O)[O-])N2C(=O)CC2SC1)c1csc(N)n1)C(=O)O. The Hall–Kier alpha value is -3.90. The molecule has 0 spiro atoms. The molecule has 1 fully saturated rings. The summed E-state index contributed by atoms with van der Waals surface area (Å²) < 4.78 is 1.56. The van der Waals surface area contributed by atoms with Crippen molar-refractivity contribution >= 4 is 75.3 Å². The number of rotatable bonds is 11. The van der Waals surface area contributed by atoms with Crippen molar-refractivity contribution in [2.45, 2.75) is 36.6 Å². The second-order valence-corrected chi connectivity index (χ2v) is 11.1. The summed E-state index contributed by atoms with van der Waals surface area (Å²) in [5.74, 6) is -2.90. The standard InChI is InChI=1S/C21H22N8O7S3/c1-9(18(32)33)36-27-15(11-7-38-20(23)25-11)17(31)24-8-28-3-2-12(22)26-21(28)39-6-10-5-37-14-4-13(30)29(14)16(10)19(34)35/h2-3,7,9,14,22H,4-6,8H2,1H3,(H5,23,24,25,31,32,33,34,35)/b27-15-/t9-,14?/m0/s1. The number of carboxylic acid groups (broad SMARTS) is 2. The first-order chi connectivity index (χ1) is 18.5. The normalized spacial score (nSPS) is 17.8. The number of aliphatic carboxylic acids is 2. The zero-order valence-electron chi connectivity index (χ0n) is 20.2. The number of anilines is 2. The Morgan fingerprint density at radius 2 is 2.18 bits per heavy atom. The molecule has 4 rings (SSSR count). The van der Waals surface area contributed by atoms with Crippen molar-refractivity contribution in [2.24, 2.45) is 5.16 Å². The minimum Gasteiger partial charge on any atom is -0.543 e. The van der Waals surface area contributed by atoms with E-state index in [-0.39, 0.29) is 58.2 Å². The predicted octanol–water partition coefficient (Wildman–Crippen LogP) is -1.64. The molecular formula is C21H22N8O7S3. The average molecular weight is 595 g/mol. The Morgan fingerprint density at radius 1 is 1.41 bits per heavy atom. The van der Waals surface area contributed by atoms with Gasteiger partial charge in [0.15, 0.2) is 17.5 Å². The van der Waals surface area contributed by atoms with Crippen molar-refractivity contribution in [2.75, 3.05) is 23.0 Å². The van der Waals surface area contributed by atoms with E-state index in [0.717, 1.165) is 11.3 Å². The lowest BCUT2D eigenvalue weighted by atomic mass is 10.1. The lowest BCUT2D eigenvalue weighted by Crippen LogP contribution is -2.56. The maximum absolute atomic E-state index is 13.0. The van der Waals surface area contributed by atoms with Crippen LogP contribution in [0.4, 0.5) is 10.9 Å². The number of carboxylic acids is 2. The fraction of sp³-hybridized carbons (Fsp3) is 0.333. The molecule has 2 aliphatic rings. The zero-order valence-corrected chi connectivity index (χ0v) is 22.7. The number of hydrogen-bond acceptors (Lipinski definition) is 14. The Morgan fingerprint density at radius 3 is 2.82 bits per heavy atom. The van der Waals surface area contributed by atoms with Gasteiger partial charge in [0, 0.05) is 23.0 Å². The van der Waals surface area contributed by atoms with E-state index in [1.807, 2.05) is 0 Å². The van der Waals surface area contributed by atoms with E-state index < -0.39 is 23.9 Å². The van der Waals surface area contributed by atoms with E-state index in [9.17, 15) is 24.3 Å². The Kier molecular flexibility index (Phi) is 8.56. The molecule has 0 bridgehead atoms. The monoisotopic (exact) mass is 594 g/mol. The minimum absolute atomic E-state index is 0.0954. The van der Waals surface area contributed by atoms with Gasteiger partial charge in [0.1, 0.15) is 5.69 Å². The molecule has 4 heterocycles. The van der Waals surface area contributed by atoms with Crippen molar-refractivity contribution < 1.29 is 38.8 Å². The average Bonchev–Trinajstić information content (AvgIpc) is 3.31. The highest BCUT2D eigenvalue weighted by atomic mass is 32.2. The molecule has 2 amide bonds. The first-order valence-corrected chi connectivity index (χ1v) is 14.1. The fourth-order valence-corrected chi connectivity index (χ4v) is 6.37. The van der Waals surface area contributed by atoms with E-state index in [4.69, 9.17) is 21.4 Å². The smallest absolute Gasteiger partial charge is 0.363 e. The molecule has 2 aromatic heterocycles. The number of fused-ring (bicyclic) bond motifs is 1. The van der Waals surface area contributed by atoms with Gasteiger partial charge in [0.25, 0.3) is 5.91 Å². The van der Waals surface area contributed by atoms with Gasteiger partial charge in [-0.05, 0) is 29.2 Å². The molecule has 2 aliphatic heterocycles. The van der Waals surface area contributed by atoms with E-state index in [2.05, 4.69) is 20.4 Å². The fourth-order valence-electron chi connectivity index (χ4n) is 3.43. The van der Waals surface area contributed by atoms with Gasteiger partial charge in [0.05, 0.1) is 29.7 Å². The van der Waals surface area contributed by atoms with E-state index in [0.29, 0.717) is 16.5 Å². The Bertz CT molecular complexity index is 1400. The highest BCUT2D eigenvalue weighted by molar-refractivity contribution is 8.00. The quantitative estimate of drug-likeness (QED) is 0.0572. The van der Waals surface area contributed by atoms with E-state index in [1.165, 1.54) is 46.8 Å². The number of hydrogen-bond donors (Lipinski definition) is 4. The topological polar surface area (TPSA) is 230 Å². The maximum atomic E-state index is 13.0. The zero-order chi connectivity index (χ0) is 28.3. The lowest BCUT2D eigenvalue weighted by molar-refractivity contribution is -0.739. The molecule has 1 unspecified atom stereocenters. The number of thiazole rings is 1. The van der Waals surface area contributed by atoms with Gasteiger partial charge in [-0.25, -0.2) is 14.3 Å². The highest BCUT2D eigenvalue weighted by Gasteiger charge is 2.43. The van der Waals surface area contributed by atoms with Crippen LogP contribution >= 0.6 is 34.9 Å². The van der Waals surface area contributed by atoms with Gasteiger partial charge < -0.3 is 36.6 Å². The van der Waals surface area contributed by atoms with Crippen molar-refractivity contribution in [3.8, 4) is 0 Å². The second kappa shape index (κ2) is 11.9. The number of amides is 2. The van der Waals surface area contributed by atoms with Crippen LogP contribution in [0.5, 0.6) is 0 Å². The Labute approximate surface area is 233 Å². The number of nitrogens with one attached hydrogen (secondary N) is 1. The molecule has 6 N–H and O–H groups in total. The molecule has 0 aromatic carbocycles. The number of nitrogens with zero attached hydrogens (tertiary/aromatic N) is 5. The van der Waals surface area contributed by atoms with Crippen LogP contribution in [0.2, 0.25) is 0 Å². The Balaban J connectivity index is 1.50. The number of carbonyl (C=O) groups is 4. The number of thioether (sulfide) groups is 2. The van der Waals surface area contributed by atoms with Crippen LogP contribution in [0, 0.1) is 0 Å². The summed E-state index contributed by atoms with van der Waals surface area (Å²) in [7, 11) is 0. The molecule has 0 saturated carbocycles. The van der Waals surface area contributed by atoms with Crippen molar-refractivity contribution in [1.82, 2.24) is 20.2 Å². The molecule has 15 nitrogen and oxygen atoms in total.